The van der Waals surface area contributed by atoms with E-state index < -0.39 is 53.7 Å². The molecular weight excluding hydrogens is 664 g/mol. The average molecular weight is 711 g/mol. The van der Waals surface area contributed by atoms with Crippen LogP contribution in [0.4, 0.5) is 0 Å². The Labute approximate surface area is 297 Å². The summed E-state index contributed by atoms with van der Waals surface area (Å²) in [6.45, 7) is 11.1. The zero-order valence-corrected chi connectivity index (χ0v) is 30.0. The van der Waals surface area contributed by atoms with E-state index >= 15 is 0 Å². The monoisotopic (exact) mass is 710 g/mol. The Morgan fingerprint density at radius 3 is 1.75 bits per heavy atom. The number of carbonyl (C=O) groups excluding carboxylic acids is 6. The molecular formula is C37H46N2O12. The van der Waals surface area contributed by atoms with Crippen LogP contribution in [0.2, 0.25) is 0 Å². The van der Waals surface area contributed by atoms with Crippen LogP contribution in [0, 0.1) is 5.92 Å². The second kappa shape index (κ2) is 19.5. The Bertz CT molecular complexity index is 1600. The highest BCUT2D eigenvalue weighted by molar-refractivity contribution is 6.49. The molecule has 2 atom stereocenters. The van der Waals surface area contributed by atoms with Crippen LogP contribution in [0.5, 0.6) is 0 Å². The van der Waals surface area contributed by atoms with Crippen LogP contribution in [0.25, 0.3) is 0 Å². The number of ether oxygens (including phenoxy) is 4. The minimum absolute atomic E-state index is 0.0864. The summed E-state index contributed by atoms with van der Waals surface area (Å²) in [5.74, 6) is -4.74. The third-order valence-corrected chi connectivity index (χ3v) is 8.46. The molecule has 1 aromatic carbocycles. The summed E-state index contributed by atoms with van der Waals surface area (Å²) in [5, 5.41) is 7.39. The summed E-state index contributed by atoms with van der Waals surface area (Å²) < 4.78 is 21.7. The fourth-order valence-corrected chi connectivity index (χ4v) is 6.33. The fraction of sp³-hybridized carbons (Fsp3) is 0.514. The number of hydrogen-bond acceptors (Lipinski definition) is 14. The van der Waals surface area contributed by atoms with Gasteiger partial charge in [0.2, 0.25) is 11.6 Å². The third-order valence-electron chi connectivity index (χ3n) is 8.46. The highest BCUT2D eigenvalue weighted by Crippen LogP contribution is 2.57. The molecule has 0 saturated carbocycles. The van der Waals surface area contributed by atoms with Crippen molar-refractivity contribution in [2.24, 2.45) is 16.2 Å². The molecule has 276 valence electrons. The van der Waals surface area contributed by atoms with Crippen LogP contribution in [0.15, 0.2) is 52.3 Å². The Kier molecular flexibility index (Phi) is 15.6. The summed E-state index contributed by atoms with van der Waals surface area (Å²) in [7, 11) is 0. The maximum atomic E-state index is 13.9. The Morgan fingerprint density at radius 1 is 0.725 bits per heavy atom. The number of fused-ring (bicyclic) bond motifs is 3. The number of ketones is 2. The van der Waals surface area contributed by atoms with Crippen molar-refractivity contribution in [2.45, 2.75) is 78.6 Å². The fourth-order valence-electron chi connectivity index (χ4n) is 6.33. The van der Waals surface area contributed by atoms with Crippen molar-refractivity contribution < 1.29 is 57.4 Å². The zero-order valence-electron chi connectivity index (χ0n) is 30.0. The van der Waals surface area contributed by atoms with Crippen molar-refractivity contribution in [1.29, 1.82) is 0 Å². The Hall–Kier alpha value is -4.82. The van der Waals surface area contributed by atoms with E-state index in [1.165, 1.54) is 0 Å². The van der Waals surface area contributed by atoms with Gasteiger partial charge in [-0.15, -0.1) is 0 Å². The van der Waals surface area contributed by atoms with Gasteiger partial charge in [-0.3, -0.25) is 19.2 Å². The standard InChI is InChI=1S/C37H46N2O12/c1-7-46-17-15-37(16-18-47-8-2)29-19-25(35(44)31(38-50-23(5)40)21-33(42)48-9-3)11-13-27(29)28-14-12-26(20-30(28)37)36(45)32(39-51-24(6)41)22-34(43)49-10-4/h11-14,19-20,27,29H,7-10,15-18,21-22H2,1-6H3/b38-31+,39-32+. The minimum Gasteiger partial charge on any atom is -0.466 e. The van der Waals surface area contributed by atoms with E-state index in [2.05, 4.69) is 10.3 Å². The molecule has 0 spiro atoms. The smallest absolute Gasteiger partial charge is 0.331 e. The number of Topliss-reactive ketones (excluding diaryl/α,β-unsaturated/α-hetero) is 2. The van der Waals surface area contributed by atoms with Crippen molar-refractivity contribution in [3.63, 3.8) is 0 Å². The van der Waals surface area contributed by atoms with Crippen LogP contribution in [-0.4, -0.2) is 86.5 Å². The first-order chi connectivity index (χ1) is 24.4. The van der Waals surface area contributed by atoms with Gasteiger partial charge in [0.15, 0.2) is 0 Å². The molecule has 14 nitrogen and oxygen atoms in total. The average Bonchev–Trinajstić information content (AvgIpc) is 3.36. The van der Waals surface area contributed by atoms with Gasteiger partial charge in [0.05, 0.1) is 26.1 Å². The molecule has 0 heterocycles. The zero-order chi connectivity index (χ0) is 37.6. The number of oxime groups is 2. The van der Waals surface area contributed by atoms with Crippen molar-refractivity contribution >= 4 is 46.9 Å². The molecule has 0 saturated heterocycles. The normalized spacial score (nSPS) is 17.5. The van der Waals surface area contributed by atoms with Gasteiger partial charge in [-0.2, -0.15) is 0 Å². The molecule has 14 heteroatoms. The van der Waals surface area contributed by atoms with Crippen LogP contribution in [0.3, 0.4) is 0 Å². The predicted octanol–water partition coefficient (Wildman–Crippen LogP) is 4.48. The first-order valence-electron chi connectivity index (χ1n) is 17.0. The number of nitrogens with zero attached hydrogens (tertiary/aromatic N) is 2. The minimum atomic E-state index is -0.764. The highest BCUT2D eigenvalue weighted by Gasteiger charge is 2.51. The lowest BCUT2D eigenvalue weighted by atomic mass is 9.66. The topological polar surface area (TPSA) is 183 Å². The largest absolute Gasteiger partial charge is 0.466 e. The quantitative estimate of drug-likeness (QED) is 0.0463. The summed E-state index contributed by atoms with van der Waals surface area (Å²) in [5.41, 5.74) is 0.846. The highest BCUT2D eigenvalue weighted by atomic mass is 16.7. The molecule has 2 unspecified atom stereocenters. The molecule has 3 rings (SSSR count). The van der Waals surface area contributed by atoms with Gasteiger partial charge in [0.25, 0.3) is 0 Å². The Morgan fingerprint density at radius 2 is 1.25 bits per heavy atom. The Balaban J connectivity index is 2.18. The first kappa shape index (κ1) is 40.6. The number of carbonyl (C=O) groups is 6. The van der Waals surface area contributed by atoms with Crippen molar-refractivity contribution in [2.75, 3.05) is 39.6 Å². The maximum absolute atomic E-state index is 13.9. The molecule has 0 amide bonds. The van der Waals surface area contributed by atoms with Crippen LogP contribution >= 0.6 is 0 Å². The second-order valence-electron chi connectivity index (χ2n) is 11.7. The lowest BCUT2D eigenvalue weighted by Gasteiger charge is -2.38. The van der Waals surface area contributed by atoms with E-state index in [4.69, 9.17) is 28.6 Å². The summed E-state index contributed by atoms with van der Waals surface area (Å²) >= 11 is 0. The molecule has 1 aromatic rings. The van der Waals surface area contributed by atoms with E-state index in [1.54, 1.807) is 32.1 Å². The van der Waals surface area contributed by atoms with Gasteiger partial charge < -0.3 is 28.6 Å². The van der Waals surface area contributed by atoms with Crippen LogP contribution in [-0.2, 0) is 58.0 Å². The van der Waals surface area contributed by atoms with E-state index in [-0.39, 0.29) is 47.6 Å². The number of esters is 2. The third kappa shape index (κ3) is 10.6. The molecule has 0 bridgehead atoms. The number of benzene rings is 1. The van der Waals surface area contributed by atoms with Crippen molar-refractivity contribution in [3.8, 4) is 0 Å². The molecule has 0 aromatic heterocycles. The van der Waals surface area contributed by atoms with Crippen molar-refractivity contribution in [3.05, 3.63) is 58.7 Å². The summed E-state index contributed by atoms with van der Waals surface area (Å²) in [6, 6.07) is 5.20. The molecule has 51 heavy (non-hydrogen) atoms. The van der Waals surface area contributed by atoms with Gasteiger partial charge in [-0.1, -0.05) is 40.7 Å². The molecule has 0 aliphatic heterocycles. The van der Waals surface area contributed by atoms with Crippen LogP contribution < -0.4 is 0 Å². The van der Waals surface area contributed by atoms with Gasteiger partial charge >= 0.3 is 23.9 Å². The summed E-state index contributed by atoms with van der Waals surface area (Å²) in [4.78, 5) is 85.1. The van der Waals surface area contributed by atoms with Gasteiger partial charge in [0.1, 0.15) is 11.4 Å². The molecule has 2 aliphatic carbocycles. The lowest BCUT2D eigenvalue weighted by molar-refractivity contribution is -0.143. The number of rotatable bonds is 20. The molecule has 2 aliphatic rings. The number of allylic oxidation sites excluding steroid dienone is 4. The summed E-state index contributed by atoms with van der Waals surface area (Å²) in [6.07, 6.45) is 5.32. The predicted molar refractivity (Wildman–Crippen MR) is 184 cm³/mol. The van der Waals surface area contributed by atoms with E-state index in [0.717, 1.165) is 25.0 Å². The molecule has 0 radical (unpaired) electrons. The number of hydrogen-bond donors (Lipinski definition) is 0. The SMILES string of the molecule is CCOCCC1(CCOCC)c2cc(C(=O)/C(CC(=O)OCC)=N/OC(C)=O)ccc2C2C=CC(C(=O)/C(CC(=O)OCC)=N/OC(C)=O)=CC21. The van der Waals surface area contributed by atoms with Gasteiger partial charge in [-0.05, 0) is 63.6 Å². The second-order valence-corrected chi connectivity index (χ2v) is 11.7. The van der Waals surface area contributed by atoms with E-state index in [0.29, 0.717) is 39.3 Å². The van der Waals surface area contributed by atoms with Crippen LogP contribution in [0.1, 0.15) is 94.6 Å². The maximum Gasteiger partial charge on any atom is 0.331 e. The van der Waals surface area contributed by atoms with E-state index in [1.807, 2.05) is 32.1 Å². The van der Waals surface area contributed by atoms with Crippen molar-refractivity contribution in [1.82, 2.24) is 0 Å². The first-order valence-corrected chi connectivity index (χ1v) is 17.0. The molecule has 0 N–H and O–H groups in total. The van der Waals surface area contributed by atoms with Gasteiger partial charge in [-0.25, -0.2) is 9.59 Å². The van der Waals surface area contributed by atoms with Gasteiger partial charge in [0, 0.05) is 62.7 Å². The molecule has 0 fully saturated rings. The van der Waals surface area contributed by atoms with E-state index in [9.17, 15) is 28.8 Å². The lowest BCUT2D eigenvalue weighted by Crippen LogP contribution is -2.36.